The standard InChI is InChI=1S/C13H18F2N2O/c14-13(15)9-11(17-7-5-16-6-8-17)10-3-1-2-4-12(10)18/h1-4,11,13,16,18H,5-9H2/t11-/m0/s1. The SMILES string of the molecule is Oc1ccccc1[C@H](CC(F)F)N1CCNCC1. The molecule has 0 aliphatic carbocycles. The van der Waals surface area contributed by atoms with Gasteiger partial charge in [0.25, 0.3) is 0 Å². The fourth-order valence-corrected chi connectivity index (χ4v) is 2.40. The van der Waals surface area contributed by atoms with E-state index >= 15 is 0 Å². The second-order valence-electron chi connectivity index (χ2n) is 4.49. The molecule has 1 aliphatic heterocycles. The highest BCUT2D eigenvalue weighted by Gasteiger charge is 2.27. The second kappa shape index (κ2) is 6.11. The third-order valence-corrected chi connectivity index (χ3v) is 3.29. The molecule has 0 aromatic heterocycles. The maximum absolute atomic E-state index is 12.7. The Balaban J connectivity index is 2.21. The van der Waals surface area contributed by atoms with Crippen LogP contribution in [0, 0.1) is 0 Å². The summed E-state index contributed by atoms with van der Waals surface area (Å²) in [7, 11) is 0. The van der Waals surface area contributed by atoms with Crippen molar-refractivity contribution in [2.75, 3.05) is 26.2 Å². The number of benzene rings is 1. The van der Waals surface area contributed by atoms with E-state index < -0.39 is 12.5 Å². The first-order valence-electron chi connectivity index (χ1n) is 6.19. The lowest BCUT2D eigenvalue weighted by Gasteiger charge is -2.35. The molecule has 0 saturated carbocycles. The quantitative estimate of drug-likeness (QED) is 0.865. The van der Waals surface area contributed by atoms with E-state index in [1.165, 1.54) is 0 Å². The van der Waals surface area contributed by atoms with Crippen LogP contribution in [0.4, 0.5) is 8.78 Å². The number of piperazine rings is 1. The molecule has 3 nitrogen and oxygen atoms in total. The third kappa shape index (κ3) is 3.17. The van der Waals surface area contributed by atoms with Gasteiger partial charge in [-0.25, -0.2) is 8.78 Å². The van der Waals surface area contributed by atoms with E-state index in [4.69, 9.17) is 0 Å². The van der Waals surface area contributed by atoms with E-state index in [-0.39, 0.29) is 12.2 Å². The predicted molar refractivity (Wildman–Crippen MR) is 65.9 cm³/mol. The molecule has 1 aromatic rings. The van der Waals surface area contributed by atoms with Crippen molar-refractivity contribution in [1.29, 1.82) is 0 Å². The summed E-state index contributed by atoms with van der Waals surface area (Å²) in [6, 6.07) is 6.35. The molecule has 18 heavy (non-hydrogen) atoms. The van der Waals surface area contributed by atoms with Gasteiger partial charge in [-0.15, -0.1) is 0 Å². The predicted octanol–water partition coefficient (Wildman–Crippen LogP) is 1.99. The minimum absolute atomic E-state index is 0.0988. The highest BCUT2D eigenvalue weighted by atomic mass is 19.3. The van der Waals surface area contributed by atoms with Crippen molar-refractivity contribution in [3.63, 3.8) is 0 Å². The number of hydrogen-bond acceptors (Lipinski definition) is 3. The highest BCUT2D eigenvalue weighted by molar-refractivity contribution is 5.34. The normalized spacial score (nSPS) is 19.1. The van der Waals surface area contributed by atoms with Crippen molar-refractivity contribution in [2.45, 2.75) is 18.9 Å². The molecule has 1 heterocycles. The number of rotatable bonds is 4. The van der Waals surface area contributed by atoms with Crippen LogP contribution in [0.2, 0.25) is 0 Å². The molecule has 0 bridgehead atoms. The summed E-state index contributed by atoms with van der Waals surface area (Å²) in [5.41, 5.74) is 0.597. The third-order valence-electron chi connectivity index (χ3n) is 3.29. The van der Waals surface area contributed by atoms with Crippen LogP contribution in [-0.4, -0.2) is 42.6 Å². The summed E-state index contributed by atoms with van der Waals surface area (Å²) in [6.45, 7) is 3.05. The first-order chi connectivity index (χ1) is 8.68. The minimum atomic E-state index is -2.37. The molecular formula is C13H18F2N2O. The fourth-order valence-electron chi connectivity index (χ4n) is 2.40. The van der Waals surface area contributed by atoms with Gasteiger partial charge in [0, 0.05) is 44.2 Å². The molecule has 1 aliphatic rings. The monoisotopic (exact) mass is 256 g/mol. The zero-order valence-electron chi connectivity index (χ0n) is 10.1. The average molecular weight is 256 g/mol. The van der Waals surface area contributed by atoms with Gasteiger partial charge in [-0.05, 0) is 6.07 Å². The molecule has 100 valence electrons. The molecule has 1 aromatic carbocycles. The van der Waals surface area contributed by atoms with E-state index in [0.29, 0.717) is 5.56 Å². The molecule has 2 rings (SSSR count). The van der Waals surface area contributed by atoms with E-state index in [2.05, 4.69) is 5.32 Å². The van der Waals surface area contributed by atoms with E-state index in [9.17, 15) is 13.9 Å². The van der Waals surface area contributed by atoms with Crippen LogP contribution in [0.25, 0.3) is 0 Å². The summed E-state index contributed by atoms with van der Waals surface area (Å²) >= 11 is 0. The van der Waals surface area contributed by atoms with Gasteiger partial charge in [-0.1, -0.05) is 18.2 Å². The van der Waals surface area contributed by atoms with Crippen LogP contribution in [0.5, 0.6) is 5.75 Å². The molecule has 1 saturated heterocycles. The van der Waals surface area contributed by atoms with Gasteiger partial charge >= 0.3 is 0 Å². The van der Waals surface area contributed by atoms with Gasteiger partial charge in [-0.2, -0.15) is 0 Å². The van der Waals surface area contributed by atoms with Crippen molar-refractivity contribution in [3.8, 4) is 5.75 Å². The summed E-state index contributed by atoms with van der Waals surface area (Å²) in [6.07, 6.45) is -2.61. The van der Waals surface area contributed by atoms with Crippen LogP contribution >= 0.6 is 0 Å². The van der Waals surface area contributed by atoms with Crippen molar-refractivity contribution >= 4 is 0 Å². The van der Waals surface area contributed by atoms with Gasteiger partial charge in [0.15, 0.2) is 0 Å². The Bertz CT molecular complexity index is 381. The molecule has 0 spiro atoms. The Morgan fingerprint density at radius 2 is 1.89 bits per heavy atom. The van der Waals surface area contributed by atoms with Crippen LogP contribution < -0.4 is 5.32 Å². The molecular weight excluding hydrogens is 238 g/mol. The molecule has 0 radical (unpaired) electrons. The van der Waals surface area contributed by atoms with Gasteiger partial charge in [0.2, 0.25) is 6.43 Å². The molecule has 1 fully saturated rings. The Hall–Kier alpha value is -1.20. The van der Waals surface area contributed by atoms with E-state index in [1.54, 1.807) is 24.3 Å². The first-order valence-corrected chi connectivity index (χ1v) is 6.19. The Morgan fingerprint density at radius 1 is 1.22 bits per heavy atom. The van der Waals surface area contributed by atoms with Gasteiger partial charge < -0.3 is 10.4 Å². The fraction of sp³-hybridized carbons (Fsp3) is 0.538. The van der Waals surface area contributed by atoms with Crippen LogP contribution in [0.1, 0.15) is 18.0 Å². The lowest BCUT2D eigenvalue weighted by molar-refractivity contribution is 0.0730. The number of phenolic OH excluding ortho intramolecular Hbond substituents is 1. The topological polar surface area (TPSA) is 35.5 Å². The zero-order chi connectivity index (χ0) is 13.0. The first kappa shape index (κ1) is 13.2. The Morgan fingerprint density at radius 3 is 2.50 bits per heavy atom. The summed E-state index contributed by atoms with van der Waals surface area (Å²) in [4.78, 5) is 2.01. The number of aromatic hydroxyl groups is 1. The molecule has 0 unspecified atom stereocenters. The van der Waals surface area contributed by atoms with Crippen molar-refractivity contribution < 1.29 is 13.9 Å². The van der Waals surface area contributed by atoms with Crippen LogP contribution in [0.3, 0.4) is 0 Å². The number of nitrogens with zero attached hydrogens (tertiary/aromatic N) is 1. The minimum Gasteiger partial charge on any atom is -0.508 e. The zero-order valence-corrected chi connectivity index (χ0v) is 10.1. The number of hydrogen-bond donors (Lipinski definition) is 2. The largest absolute Gasteiger partial charge is 0.508 e. The molecule has 0 amide bonds. The smallest absolute Gasteiger partial charge is 0.240 e. The Kier molecular flexibility index (Phi) is 4.49. The number of nitrogens with one attached hydrogen (secondary N) is 1. The number of halogens is 2. The highest BCUT2D eigenvalue weighted by Crippen LogP contribution is 2.32. The maximum Gasteiger partial charge on any atom is 0.240 e. The Labute approximate surface area is 105 Å². The van der Waals surface area contributed by atoms with Crippen molar-refractivity contribution in [2.24, 2.45) is 0 Å². The summed E-state index contributed by atoms with van der Waals surface area (Å²) < 4.78 is 25.5. The molecule has 2 N–H and O–H groups in total. The number of para-hydroxylation sites is 1. The molecule has 1 atom stereocenters. The van der Waals surface area contributed by atoms with Gasteiger partial charge in [0.1, 0.15) is 5.75 Å². The van der Waals surface area contributed by atoms with Crippen LogP contribution in [-0.2, 0) is 0 Å². The van der Waals surface area contributed by atoms with Gasteiger partial charge in [-0.3, -0.25) is 4.90 Å². The number of phenols is 1. The summed E-state index contributed by atoms with van der Waals surface area (Å²) in [5.74, 6) is 0.0988. The number of alkyl halides is 2. The van der Waals surface area contributed by atoms with Crippen molar-refractivity contribution in [3.05, 3.63) is 29.8 Å². The lowest BCUT2D eigenvalue weighted by Crippen LogP contribution is -2.45. The van der Waals surface area contributed by atoms with Crippen LogP contribution in [0.15, 0.2) is 24.3 Å². The van der Waals surface area contributed by atoms with Gasteiger partial charge in [0.05, 0.1) is 0 Å². The lowest BCUT2D eigenvalue weighted by atomic mass is 10.0. The second-order valence-corrected chi connectivity index (χ2v) is 4.49. The summed E-state index contributed by atoms with van der Waals surface area (Å²) in [5, 5.41) is 13.0. The van der Waals surface area contributed by atoms with E-state index in [1.807, 2.05) is 4.90 Å². The maximum atomic E-state index is 12.7. The van der Waals surface area contributed by atoms with Crippen molar-refractivity contribution in [1.82, 2.24) is 10.2 Å². The average Bonchev–Trinajstić information content (AvgIpc) is 2.38. The molecule has 5 heteroatoms. The van der Waals surface area contributed by atoms with E-state index in [0.717, 1.165) is 26.2 Å².